The number of carboxylic acid groups (broad SMARTS) is 1. The first-order chi connectivity index (χ1) is 12.3. The fourth-order valence-corrected chi connectivity index (χ4v) is 3.91. The van der Waals surface area contributed by atoms with Gasteiger partial charge >= 0.3 is 5.97 Å². The van der Waals surface area contributed by atoms with Gasteiger partial charge in [-0.1, -0.05) is 24.3 Å². The van der Waals surface area contributed by atoms with Crippen LogP contribution < -0.4 is 10.0 Å². The number of sulfonamides is 1. The zero-order valence-corrected chi connectivity index (χ0v) is 14.7. The summed E-state index contributed by atoms with van der Waals surface area (Å²) in [7, 11) is -2.76. The normalized spacial score (nSPS) is 15.3. The van der Waals surface area contributed by atoms with E-state index < -0.39 is 32.5 Å². The van der Waals surface area contributed by atoms with Crippen LogP contribution in [0.2, 0.25) is 0 Å². The van der Waals surface area contributed by atoms with Crippen molar-refractivity contribution in [3.8, 4) is 0 Å². The topological polar surface area (TPSA) is 125 Å². The molecule has 1 aliphatic carbocycles. The lowest BCUT2D eigenvalue weighted by Gasteiger charge is -2.25. The molecule has 1 heterocycles. The molecule has 136 valence electrons. The minimum atomic E-state index is -3.97. The van der Waals surface area contributed by atoms with Crippen LogP contribution in [0.4, 0.5) is 0 Å². The van der Waals surface area contributed by atoms with Crippen LogP contribution in [0.25, 0.3) is 0 Å². The number of hydrogen-bond donors (Lipinski definition) is 3. The van der Waals surface area contributed by atoms with Crippen LogP contribution in [0.15, 0.2) is 47.6 Å². The van der Waals surface area contributed by atoms with Crippen molar-refractivity contribution in [2.24, 2.45) is 0 Å². The average Bonchev–Trinajstić information content (AvgIpc) is 3.01. The summed E-state index contributed by atoms with van der Waals surface area (Å²) in [5.74, 6) is -1.98. The Labute approximate surface area is 150 Å². The highest BCUT2D eigenvalue weighted by Gasteiger charge is 2.45. The summed E-state index contributed by atoms with van der Waals surface area (Å²) in [5, 5.41) is 11.8. The smallest absolute Gasteiger partial charge is 0.330 e. The molecule has 0 atom stereocenters. The number of nitrogens with zero attached hydrogens (tertiary/aromatic N) is 1. The molecule has 1 aliphatic rings. The van der Waals surface area contributed by atoms with Gasteiger partial charge in [0.15, 0.2) is 5.03 Å². The van der Waals surface area contributed by atoms with Crippen LogP contribution in [0.1, 0.15) is 21.5 Å². The maximum Gasteiger partial charge on any atom is 0.330 e. The molecule has 2 aromatic rings. The van der Waals surface area contributed by atoms with E-state index in [4.69, 9.17) is 0 Å². The van der Waals surface area contributed by atoms with Crippen molar-refractivity contribution in [1.29, 1.82) is 0 Å². The SMILES string of the molecule is CNS(=O)(=O)c1ncccc1C(=O)NC1(C(=O)O)Cc2ccccc2C1. The summed E-state index contributed by atoms with van der Waals surface area (Å²) in [6.07, 6.45) is 1.50. The molecular formula is C17H17N3O5S. The Morgan fingerprint density at radius 3 is 2.27 bits per heavy atom. The number of carbonyl (C=O) groups is 2. The summed E-state index contributed by atoms with van der Waals surface area (Å²) in [6.45, 7) is 0. The summed E-state index contributed by atoms with van der Waals surface area (Å²) in [4.78, 5) is 28.4. The Morgan fingerprint density at radius 1 is 1.12 bits per heavy atom. The van der Waals surface area contributed by atoms with Gasteiger partial charge in [-0.2, -0.15) is 0 Å². The van der Waals surface area contributed by atoms with Crippen LogP contribution in [0.3, 0.4) is 0 Å². The lowest BCUT2D eigenvalue weighted by molar-refractivity contribution is -0.144. The zero-order chi connectivity index (χ0) is 18.9. The minimum absolute atomic E-state index is 0.124. The highest BCUT2D eigenvalue weighted by Crippen LogP contribution is 2.31. The van der Waals surface area contributed by atoms with Crippen LogP contribution in [-0.2, 0) is 27.7 Å². The minimum Gasteiger partial charge on any atom is -0.479 e. The van der Waals surface area contributed by atoms with Gasteiger partial charge < -0.3 is 10.4 Å². The van der Waals surface area contributed by atoms with Gasteiger partial charge in [0, 0.05) is 19.0 Å². The Hall–Kier alpha value is -2.78. The lowest BCUT2D eigenvalue weighted by atomic mass is 9.95. The Kier molecular flexibility index (Phi) is 4.51. The van der Waals surface area contributed by atoms with Gasteiger partial charge in [-0.05, 0) is 30.3 Å². The predicted molar refractivity (Wildman–Crippen MR) is 92.2 cm³/mol. The van der Waals surface area contributed by atoms with Gasteiger partial charge in [-0.25, -0.2) is 22.9 Å². The first kappa shape index (κ1) is 18.0. The second-order valence-corrected chi connectivity index (χ2v) is 7.83. The third-order valence-electron chi connectivity index (χ3n) is 4.40. The molecule has 3 rings (SSSR count). The Bertz CT molecular complexity index is 962. The lowest BCUT2D eigenvalue weighted by Crippen LogP contribution is -2.55. The second kappa shape index (κ2) is 6.50. The van der Waals surface area contributed by atoms with Crippen LogP contribution in [-0.4, -0.2) is 43.0 Å². The van der Waals surface area contributed by atoms with E-state index >= 15 is 0 Å². The summed E-state index contributed by atoms with van der Waals surface area (Å²) < 4.78 is 26.3. The number of fused-ring (bicyclic) bond motifs is 1. The van der Waals surface area contributed by atoms with Gasteiger partial charge in [-0.15, -0.1) is 0 Å². The van der Waals surface area contributed by atoms with E-state index in [1.807, 2.05) is 12.1 Å². The van der Waals surface area contributed by atoms with E-state index in [0.29, 0.717) is 0 Å². The largest absolute Gasteiger partial charge is 0.479 e. The van der Waals surface area contributed by atoms with E-state index in [1.54, 1.807) is 12.1 Å². The molecule has 9 heteroatoms. The number of aromatic nitrogens is 1. The number of aliphatic carboxylic acids is 1. The van der Waals surface area contributed by atoms with Crippen molar-refractivity contribution in [2.75, 3.05) is 7.05 Å². The van der Waals surface area contributed by atoms with Crippen LogP contribution >= 0.6 is 0 Å². The van der Waals surface area contributed by atoms with Gasteiger partial charge in [-0.3, -0.25) is 4.79 Å². The van der Waals surface area contributed by atoms with E-state index in [2.05, 4.69) is 15.0 Å². The molecule has 0 radical (unpaired) electrons. The number of carboxylic acids is 1. The molecule has 0 bridgehead atoms. The molecule has 0 spiro atoms. The zero-order valence-electron chi connectivity index (χ0n) is 13.9. The number of pyridine rings is 1. The highest BCUT2D eigenvalue weighted by molar-refractivity contribution is 7.89. The molecule has 26 heavy (non-hydrogen) atoms. The fourth-order valence-electron chi connectivity index (χ4n) is 3.07. The molecule has 1 aromatic heterocycles. The van der Waals surface area contributed by atoms with Crippen molar-refractivity contribution in [3.05, 3.63) is 59.3 Å². The second-order valence-electron chi connectivity index (χ2n) is 6.03. The summed E-state index contributed by atoms with van der Waals surface area (Å²) in [6, 6.07) is 9.94. The number of hydrogen-bond acceptors (Lipinski definition) is 5. The van der Waals surface area contributed by atoms with Crippen molar-refractivity contribution >= 4 is 21.9 Å². The number of carbonyl (C=O) groups excluding carboxylic acids is 1. The van der Waals surface area contributed by atoms with Gasteiger partial charge in [0.05, 0.1) is 5.56 Å². The third kappa shape index (κ3) is 3.06. The molecule has 0 saturated carbocycles. The standard InChI is InChI=1S/C17H17N3O5S/c1-18-26(24,25)15-13(7-4-8-19-15)14(21)20-17(16(22)23)9-11-5-2-3-6-12(11)10-17/h2-8,18H,9-10H2,1H3,(H,20,21)(H,22,23). The summed E-state index contributed by atoms with van der Waals surface area (Å²) in [5.41, 5.74) is -0.0653. The molecular weight excluding hydrogens is 358 g/mol. The van der Waals surface area contributed by atoms with Crippen molar-refractivity contribution in [1.82, 2.24) is 15.0 Å². The Morgan fingerprint density at radius 2 is 1.73 bits per heavy atom. The first-order valence-electron chi connectivity index (χ1n) is 7.80. The maximum atomic E-state index is 12.7. The maximum absolute atomic E-state index is 12.7. The monoisotopic (exact) mass is 375 g/mol. The molecule has 1 amide bonds. The van der Waals surface area contributed by atoms with Gasteiger partial charge in [0.2, 0.25) is 0 Å². The fraction of sp³-hybridized carbons (Fsp3) is 0.235. The van der Waals surface area contributed by atoms with Crippen molar-refractivity contribution in [2.45, 2.75) is 23.4 Å². The molecule has 0 unspecified atom stereocenters. The van der Waals surface area contributed by atoms with E-state index in [0.717, 1.165) is 11.1 Å². The van der Waals surface area contributed by atoms with Gasteiger partial charge in [0.25, 0.3) is 15.9 Å². The number of rotatable bonds is 5. The third-order valence-corrected chi connectivity index (χ3v) is 5.78. The van der Waals surface area contributed by atoms with Crippen molar-refractivity contribution < 1.29 is 23.1 Å². The van der Waals surface area contributed by atoms with Crippen LogP contribution in [0, 0.1) is 0 Å². The van der Waals surface area contributed by atoms with E-state index in [9.17, 15) is 23.1 Å². The molecule has 0 saturated heterocycles. The number of benzene rings is 1. The van der Waals surface area contributed by atoms with E-state index in [1.165, 1.54) is 25.4 Å². The quantitative estimate of drug-likeness (QED) is 0.692. The first-order valence-corrected chi connectivity index (χ1v) is 9.29. The number of amides is 1. The summed E-state index contributed by atoms with van der Waals surface area (Å²) >= 11 is 0. The van der Waals surface area contributed by atoms with E-state index in [-0.39, 0.29) is 18.4 Å². The predicted octanol–water partition coefficient (Wildman–Crippen LogP) is 0.342. The van der Waals surface area contributed by atoms with Gasteiger partial charge in [0.1, 0.15) is 5.54 Å². The molecule has 1 aromatic carbocycles. The Balaban J connectivity index is 1.97. The number of nitrogens with one attached hydrogen (secondary N) is 2. The molecule has 0 fully saturated rings. The average molecular weight is 375 g/mol. The molecule has 0 aliphatic heterocycles. The van der Waals surface area contributed by atoms with Crippen LogP contribution in [0.5, 0.6) is 0 Å². The molecule has 8 nitrogen and oxygen atoms in total. The van der Waals surface area contributed by atoms with Crippen molar-refractivity contribution in [3.63, 3.8) is 0 Å². The molecule has 3 N–H and O–H groups in total. The highest BCUT2D eigenvalue weighted by atomic mass is 32.2.